The number of carbonyl (C=O) groups excluding carboxylic acids is 9. The number of carboxylic acid groups (broad SMARTS) is 1. The van der Waals surface area contributed by atoms with Gasteiger partial charge in [0.1, 0.15) is 58.0 Å². The Hall–Kier alpha value is -11.8. The number of benzene rings is 4. The third kappa shape index (κ3) is 43.6. The van der Waals surface area contributed by atoms with E-state index in [0.29, 0.717) is 62.8 Å². The number of carbonyl (C=O) groups is 10. The van der Waals surface area contributed by atoms with Gasteiger partial charge < -0.3 is 72.1 Å². The molecule has 0 aliphatic heterocycles. The first-order chi connectivity index (χ1) is 49.2. The highest BCUT2D eigenvalue weighted by Crippen LogP contribution is 2.15. The van der Waals surface area contributed by atoms with Crippen LogP contribution in [0.5, 0.6) is 0 Å². The van der Waals surface area contributed by atoms with Crippen molar-refractivity contribution in [3.8, 4) is 0 Å². The number of amidine groups is 2. The smallest absolute Gasteiger partial charge is 0.408 e. The SMILES string of the molecule is CC(=O)OC(=O)[C@@H](CCc1ccccc1)NC(=O)OC(C)(C)C.CC(=O)OC(=O)[C@@H](CCc1ccccc1)NC(=O)OC(C)(C)C.CC(C)(C)OC(=O)N[C@H](CCc1ccccc1)C(=O)N/N=C(\N)c1ccccn1.CC(C)(C)OC(=O)N[C@H](CCc1ccccc1)C(=O)O.N/N=C(/N)c1ccccn1. The molecule has 105 heavy (non-hydrogen) atoms. The van der Waals surface area contributed by atoms with Gasteiger partial charge >= 0.3 is 54.2 Å². The molecule has 568 valence electrons. The van der Waals surface area contributed by atoms with E-state index < -0.39 is 107 Å². The van der Waals surface area contributed by atoms with E-state index in [1.165, 1.54) is 0 Å². The first-order valence-electron chi connectivity index (χ1n) is 33.5. The van der Waals surface area contributed by atoms with Gasteiger partial charge in [-0.15, -0.1) is 0 Å². The Kier molecular flexibility index (Phi) is 39.1. The van der Waals surface area contributed by atoms with Crippen LogP contribution in [0, 0.1) is 0 Å². The second-order valence-electron chi connectivity index (χ2n) is 27.0. The number of esters is 4. The first-order valence-corrected chi connectivity index (χ1v) is 33.5. The van der Waals surface area contributed by atoms with E-state index in [4.69, 9.17) is 41.4 Å². The van der Waals surface area contributed by atoms with Crippen LogP contribution in [-0.2, 0) is 82.9 Å². The van der Waals surface area contributed by atoms with E-state index in [0.717, 1.165) is 36.1 Å². The lowest BCUT2D eigenvalue weighted by molar-refractivity contribution is -0.161. The molecule has 0 aliphatic carbocycles. The van der Waals surface area contributed by atoms with E-state index in [-0.39, 0.29) is 11.7 Å². The van der Waals surface area contributed by atoms with Gasteiger partial charge in [-0.25, -0.2) is 39.0 Å². The number of carboxylic acids is 1. The van der Waals surface area contributed by atoms with Gasteiger partial charge in [0, 0.05) is 26.2 Å². The summed E-state index contributed by atoms with van der Waals surface area (Å²) in [6, 6.07) is 45.1. The van der Waals surface area contributed by atoms with Gasteiger partial charge in [0.05, 0.1) is 0 Å². The van der Waals surface area contributed by atoms with Crippen molar-refractivity contribution in [1.29, 1.82) is 0 Å². The van der Waals surface area contributed by atoms with Crippen molar-refractivity contribution in [3.05, 3.63) is 204 Å². The fraction of sp³-hybridized carbons (Fsp3) is 0.395. The molecule has 12 N–H and O–H groups in total. The minimum atomic E-state index is -1.06. The normalized spacial score (nSPS) is 12.3. The second-order valence-corrected chi connectivity index (χ2v) is 27.0. The monoisotopic (exact) mass is 1450 g/mol. The van der Waals surface area contributed by atoms with Crippen molar-refractivity contribution in [2.75, 3.05) is 0 Å². The van der Waals surface area contributed by atoms with E-state index in [2.05, 4.69) is 56.3 Å². The van der Waals surface area contributed by atoms with Crippen molar-refractivity contribution in [3.63, 3.8) is 0 Å². The van der Waals surface area contributed by atoms with E-state index in [1.807, 2.05) is 127 Å². The molecule has 2 aromatic heterocycles. The summed E-state index contributed by atoms with van der Waals surface area (Å²) in [6.07, 6.45) is 3.93. The predicted octanol–water partition coefficient (Wildman–Crippen LogP) is 9.81. The molecule has 6 rings (SSSR count). The third-order valence-electron chi connectivity index (χ3n) is 13.0. The lowest BCUT2D eigenvalue weighted by atomic mass is 10.0. The number of amides is 5. The average molecular weight is 1460 g/mol. The van der Waals surface area contributed by atoms with Crippen LogP contribution in [0.1, 0.15) is 156 Å². The molecule has 0 bridgehead atoms. The summed E-state index contributed by atoms with van der Waals surface area (Å²) >= 11 is 0. The van der Waals surface area contributed by atoms with Gasteiger partial charge in [0.2, 0.25) is 0 Å². The quantitative estimate of drug-likeness (QED) is 0.00547. The summed E-state index contributed by atoms with van der Waals surface area (Å²) < 4.78 is 29.8. The van der Waals surface area contributed by atoms with Crippen LogP contribution in [0.2, 0.25) is 0 Å². The zero-order chi connectivity index (χ0) is 78.8. The molecular formula is C76H102N12O17. The van der Waals surface area contributed by atoms with Crippen LogP contribution in [0.25, 0.3) is 0 Å². The fourth-order valence-corrected chi connectivity index (χ4v) is 8.42. The maximum absolute atomic E-state index is 12.6. The van der Waals surface area contributed by atoms with Crippen LogP contribution in [-0.4, -0.2) is 133 Å². The number of nitrogens with one attached hydrogen (secondary N) is 5. The number of aromatic nitrogens is 2. The van der Waals surface area contributed by atoms with Crippen LogP contribution >= 0.6 is 0 Å². The second kappa shape index (κ2) is 46.0. The Bertz CT molecular complexity index is 3620. The summed E-state index contributed by atoms with van der Waals surface area (Å²) in [5.41, 5.74) is 16.1. The minimum Gasteiger partial charge on any atom is -0.480 e. The Balaban J connectivity index is 0.000000458. The number of aliphatic carboxylic acids is 1. The summed E-state index contributed by atoms with van der Waals surface area (Å²) in [5, 5.41) is 26.2. The largest absolute Gasteiger partial charge is 0.480 e. The minimum absolute atomic E-state index is 0.0676. The summed E-state index contributed by atoms with van der Waals surface area (Å²) in [4.78, 5) is 125. The van der Waals surface area contributed by atoms with Gasteiger partial charge in [-0.3, -0.25) is 24.4 Å². The molecule has 4 aromatic carbocycles. The highest BCUT2D eigenvalue weighted by molar-refractivity contribution is 5.97. The molecule has 4 atom stereocenters. The zero-order valence-corrected chi connectivity index (χ0v) is 62.1. The molecule has 6 aromatic rings. The zero-order valence-electron chi connectivity index (χ0n) is 62.1. The number of aryl methyl sites for hydroxylation is 4. The summed E-state index contributed by atoms with van der Waals surface area (Å²) in [5.74, 6) is 0.669. The van der Waals surface area contributed by atoms with Crippen LogP contribution in [0.3, 0.4) is 0 Å². The number of hydrogen-bond donors (Lipinski definition) is 9. The molecule has 0 saturated heterocycles. The van der Waals surface area contributed by atoms with Gasteiger partial charge in [-0.1, -0.05) is 133 Å². The van der Waals surface area contributed by atoms with E-state index >= 15 is 0 Å². The van der Waals surface area contributed by atoms with Gasteiger partial charge in [-0.05, 0) is 181 Å². The van der Waals surface area contributed by atoms with Crippen molar-refractivity contribution in [2.24, 2.45) is 27.5 Å². The van der Waals surface area contributed by atoms with Gasteiger partial charge in [0.15, 0.2) is 11.7 Å². The number of hydrogen-bond acceptors (Lipinski definition) is 21. The Morgan fingerprint density at radius 2 is 0.667 bits per heavy atom. The molecule has 29 nitrogen and oxygen atoms in total. The molecule has 5 amide bonds. The van der Waals surface area contributed by atoms with Crippen LogP contribution < -0.4 is 44.0 Å². The molecule has 0 unspecified atom stereocenters. The van der Waals surface area contributed by atoms with Gasteiger partial charge in [-0.2, -0.15) is 10.2 Å². The predicted molar refractivity (Wildman–Crippen MR) is 395 cm³/mol. The molecular weight excluding hydrogens is 1350 g/mol. The number of rotatable bonds is 23. The Labute approximate surface area is 613 Å². The number of nitrogens with two attached hydrogens (primary N) is 3. The number of nitrogens with zero attached hydrogens (tertiary/aromatic N) is 4. The lowest BCUT2D eigenvalue weighted by Gasteiger charge is -2.23. The third-order valence-corrected chi connectivity index (χ3v) is 13.0. The Morgan fingerprint density at radius 1 is 0.400 bits per heavy atom. The molecule has 0 saturated carbocycles. The van der Waals surface area contributed by atoms with Crippen molar-refractivity contribution < 1.29 is 81.5 Å². The number of ether oxygens (including phenoxy) is 6. The standard InChI is InChI=1S/C21H27N5O3.2C17H23NO5.C15H21NO4.C6H8N4/c1-21(2,3)29-20(28)24-17(13-12-15-9-5-4-6-10-15)19(27)26-25-18(22)16-11-7-8-14-23-16;2*1-12(19)22-15(20)14(18-16(21)23-17(2,3)4)11-10-13-8-6-5-7-9-13;1-15(2,3)20-14(19)16-12(13(17)18)10-9-11-7-5-4-6-8-11;7-6(10-8)5-3-1-2-4-9-5/h4-11,14,17H,12-13H2,1-3H3,(H2,22,25)(H,24,28)(H,26,27);2*5-9,14H,10-11H2,1-4H3,(H,18,21);4-8,12H,9-10H2,1-3H3,(H,16,19)(H,17,18);1-4H,8H2,(H2,7,10)/t17-;2*14-;12-;/m1111./s1. The molecule has 29 heteroatoms. The van der Waals surface area contributed by atoms with E-state index in [9.17, 15) is 47.9 Å². The first kappa shape index (κ1) is 89.3. The van der Waals surface area contributed by atoms with Crippen molar-refractivity contribution in [2.45, 2.75) is 195 Å². The molecule has 0 radical (unpaired) electrons. The van der Waals surface area contributed by atoms with Crippen LogP contribution in [0.15, 0.2) is 180 Å². The molecule has 0 fully saturated rings. The summed E-state index contributed by atoms with van der Waals surface area (Å²) in [7, 11) is 0. The topological polar surface area (TPSA) is 435 Å². The number of pyridine rings is 2. The highest BCUT2D eigenvalue weighted by atomic mass is 16.6. The molecule has 2 heterocycles. The maximum Gasteiger partial charge on any atom is 0.408 e. The van der Waals surface area contributed by atoms with Gasteiger partial charge in [0.25, 0.3) is 5.91 Å². The summed E-state index contributed by atoms with van der Waals surface area (Å²) in [6.45, 7) is 23.1. The molecule has 0 spiro atoms. The van der Waals surface area contributed by atoms with Crippen LogP contribution in [0.4, 0.5) is 19.2 Å². The molecule has 0 aliphatic rings. The van der Waals surface area contributed by atoms with E-state index in [1.54, 1.807) is 126 Å². The number of hydrazone groups is 2. The van der Waals surface area contributed by atoms with Crippen molar-refractivity contribution >= 4 is 71.8 Å². The maximum atomic E-state index is 12.6. The fourth-order valence-electron chi connectivity index (χ4n) is 8.42. The number of alkyl carbamates (subject to hydrolysis) is 4. The average Bonchev–Trinajstić information content (AvgIpc) is 0.896. The van der Waals surface area contributed by atoms with Crippen molar-refractivity contribution in [1.82, 2.24) is 36.7 Å². The lowest BCUT2D eigenvalue weighted by Crippen LogP contribution is -2.47. The highest BCUT2D eigenvalue weighted by Gasteiger charge is 2.30. The Morgan fingerprint density at radius 3 is 0.933 bits per heavy atom.